The van der Waals surface area contributed by atoms with Crippen LogP contribution in [0.15, 0.2) is 47.3 Å². The lowest BCUT2D eigenvalue weighted by Gasteiger charge is -2.35. The van der Waals surface area contributed by atoms with Crippen molar-refractivity contribution >= 4 is 22.3 Å². The fraction of sp³-hybridized carbons (Fsp3) is 0.391. The average Bonchev–Trinajstić information content (AvgIpc) is 2.76. The highest BCUT2D eigenvalue weighted by atomic mass is 16.6. The maximum absolute atomic E-state index is 13.2. The van der Waals surface area contributed by atoms with E-state index in [2.05, 4.69) is 41.1 Å². The Morgan fingerprint density at radius 1 is 1.17 bits per heavy atom. The Morgan fingerprint density at radius 2 is 1.90 bits per heavy atom. The van der Waals surface area contributed by atoms with Crippen LogP contribution in [0.25, 0.3) is 10.9 Å². The number of hydrogen-bond acceptors (Lipinski definition) is 5. The second-order valence-corrected chi connectivity index (χ2v) is 7.97. The Kier molecular flexibility index (Phi) is 5.53. The third kappa shape index (κ3) is 3.79. The summed E-state index contributed by atoms with van der Waals surface area (Å²) >= 11 is 0. The quantitative estimate of drug-likeness (QED) is 0.471. The van der Waals surface area contributed by atoms with E-state index in [1.54, 1.807) is 10.6 Å². The molecule has 0 spiro atoms. The molecule has 0 N–H and O–H groups in total. The van der Waals surface area contributed by atoms with Gasteiger partial charge in [0.1, 0.15) is 5.82 Å². The lowest BCUT2D eigenvalue weighted by molar-refractivity contribution is -0.384. The van der Waals surface area contributed by atoms with Crippen molar-refractivity contribution in [3.63, 3.8) is 0 Å². The molecule has 1 saturated heterocycles. The zero-order chi connectivity index (χ0) is 21.3. The molecule has 0 unspecified atom stereocenters. The van der Waals surface area contributed by atoms with E-state index >= 15 is 0 Å². The van der Waals surface area contributed by atoms with Crippen molar-refractivity contribution in [1.29, 1.82) is 0 Å². The molecule has 0 amide bonds. The van der Waals surface area contributed by atoms with Crippen molar-refractivity contribution in [2.24, 2.45) is 5.92 Å². The molecule has 1 aromatic heterocycles. The summed E-state index contributed by atoms with van der Waals surface area (Å²) < 4.78 is 1.74. The van der Waals surface area contributed by atoms with Crippen LogP contribution in [0.4, 0.5) is 11.4 Å². The number of aryl methyl sites for hydroxylation is 2. The van der Waals surface area contributed by atoms with Gasteiger partial charge in [-0.1, -0.05) is 25.1 Å². The summed E-state index contributed by atoms with van der Waals surface area (Å²) in [5.74, 6) is 1.12. The minimum Gasteiger partial charge on any atom is -0.371 e. The number of anilines is 1. The Hall–Kier alpha value is -3.22. The van der Waals surface area contributed by atoms with Crippen LogP contribution in [0, 0.1) is 23.0 Å². The number of nitro benzene ring substituents is 1. The number of piperidine rings is 1. The molecule has 4 rings (SSSR count). The Bertz CT molecular complexity index is 1150. The number of nitrogens with zero attached hydrogens (tertiary/aromatic N) is 4. The Balaban J connectivity index is 1.58. The van der Waals surface area contributed by atoms with Crippen LogP contribution in [0.5, 0.6) is 0 Å². The highest BCUT2D eigenvalue weighted by molar-refractivity contribution is 5.80. The first kappa shape index (κ1) is 20.1. The van der Waals surface area contributed by atoms with Gasteiger partial charge in [-0.25, -0.2) is 4.98 Å². The van der Waals surface area contributed by atoms with Gasteiger partial charge in [0.25, 0.3) is 11.2 Å². The van der Waals surface area contributed by atoms with Crippen molar-refractivity contribution < 1.29 is 4.92 Å². The van der Waals surface area contributed by atoms with Crippen LogP contribution in [0.1, 0.15) is 31.2 Å². The van der Waals surface area contributed by atoms with E-state index in [1.165, 1.54) is 23.4 Å². The largest absolute Gasteiger partial charge is 0.371 e. The second-order valence-electron chi connectivity index (χ2n) is 7.97. The van der Waals surface area contributed by atoms with Crippen molar-refractivity contribution in [1.82, 2.24) is 9.55 Å². The van der Waals surface area contributed by atoms with Gasteiger partial charge in [0.2, 0.25) is 0 Å². The molecule has 1 fully saturated rings. The summed E-state index contributed by atoms with van der Waals surface area (Å²) in [7, 11) is 0. The van der Waals surface area contributed by atoms with Crippen LogP contribution >= 0.6 is 0 Å². The molecule has 2 heterocycles. The summed E-state index contributed by atoms with van der Waals surface area (Å²) in [6.07, 6.45) is 2.64. The van der Waals surface area contributed by atoms with Gasteiger partial charge in [-0.05, 0) is 43.4 Å². The smallest absolute Gasteiger partial charge is 0.270 e. The molecule has 30 heavy (non-hydrogen) atoms. The fourth-order valence-electron chi connectivity index (χ4n) is 4.36. The van der Waals surface area contributed by atoms with Gasteiger partial charge in [0, 0.05) is 43.9 Å². The monoisotopic (exact) mass is 406 g/mol. The topological polar surface area (TPSA) is 81.3 Å². The number of benzene rings is 2. The molecule has 1 aliphatic rings. The number of para-hydroxylation sites is 1. The maximum atomic E-state index is 13.2. The van der Waals surface area contributed by atoms with Gasteiger partial charge < -0.3 is 4.90 Å². The SMILES string of the molecule is CCc1nc2ccc([N+](=O)[O-])cc2c(=O)n1CC1CCN(c2ccccc2C)CC1. The number of rotatable bonds is 5. The van der Waals surface area contributed by atoms with Gasteiger partial charge in [0.15, 0.2) is 0 Å². The first-order valence-corrected chi connectivity index (χ1v) is 10.5. The minimum absolute atomic E-state index is 0.0799. The lowest BCUT2D eigenvalue weighted by atomic mass is 9.95. The standard InChI is InChI=1S/C23H26N4O3/c1-3-22-24-20-9-8-18(27(29)30)14-19(20)23(28)26(22)15-17-10-12-25(13-11-17)21-7-5-4-6-16(21)2/h4-9,14,17H,3,10-13,15H2,1-2H3. The van der Waals surface area contributed by atoms with Crippen LogP contribution in [-0.4, -0.2) is 27.6 Å². The molecule has 0 saturated carbocycles. The van der Waals surface area contributed by atoms with E-state index in [9.17, 15) is 14.9 Å². The molecule has 0 atom stereocenters. The van der Waals surface area contributed by atoms with Crippen LogP contribution in [0.3, 0.4) is 0 Å². The van der Waals surface area contributed by atoms with Gasteiger partial charge >= 0.3 is 0 Å². The highest BCUT2D eigenvalue weighted by Crippen LogP contribution is 2.27. The first-order chi connectivity index (χ1) is 14.5. The Morgan fingerprint density at radius 3 is 2.57 bits per heavy atom. The summed E-state index contributed by atoms with van der Waals surface area (Å²) in [5, 5.41) is 11.4. The van der Waals surface area contributed by atoms with E-state index in [0.29, 0.717) is 29.8 Å². The van der Waals surface area contributed by atoms with Crippen molar-refractivity contribution in [3.8, 4) is 0 Å². The van der Waals surface area contributed by atoms with E-state index in [4.69, 9.17) is 0 Å². The lowest BCUT2D eigenvalue weighted by Crippen LogP contribution is -2.37. The number of aromatic nitrogens is 2. The molecule has 7 nitrogen and oxygen atoms in total. The summed E-state index contributed by atoms with van der Waals surface area (Å²) in [6.45, 7) is 6.64. The third-order valence-electron chi connectivity index (χ3n) is 6.06. The number of nitro groups is 1. The summed E-state index contributed by atoms with van der Waals surface area (Å²) in [4.78, 5) is 30.9. The van der Waals surface area contributed by atoms with E-state index in [1.807, 2.05) is 6.92 Å². The Labute approximate surface area is 175 Å². The number of non-ortho nitro benzene ring substituents is 1. The average molecular weight is 406 g/mol. The fourth-order valence-corrected chi connectivity index (χ4v) is 4.36. The molecule has 2 aromatic carbocycles. The molecule has 3 aromatic rings. The van der Waals surface area contributed by atoms with Crippen molar-refractivity contribution in [2.75, 3.05) is 18.0 Å². The molecular formula is C23H26N4O3. The zero-order valence-corrected chi connectivity index (χ0v) is 17.4. The molecular weight excluding hydrogens is 380 g/mol. The van der Waals surface area contributed by atoms with E-state index < -0.39 is 4.92 Å². The van der Waals surface area contributed by atoms with Gasteiger partial charge in [-0.2, -0.15) is 0 Å². The van der Waals surface area contributed by atoms with Gasteiger partial charge in [-0.15, -0.1) is 0 Å². The zero-order valence-electron chi connectivity index (χ0n) is 17.4. The summed E-state index contributed by atoms with van der Waals surface area (Å²) in [5.41, 5.74) is 2.82. The van der Waals surface area contributed by atoms with Crippen molar-refractivity contribution in [2.45, 2.75) is 39.7 Å². The minimum atomic E-state index is -0.474. The normalized spacial score (nSPS) is 14.9. The van der Waals surface area contributed by atoms with E-state index in [-0.39, 0.29) is 11.2 Å². The van der Waals surface area contributed by atoms with E-state index in [0.717, 1.165) is 31.8 Å². The predicted molar refractivity (Wildman–Crippen MR) is 118 cm³/mol. The molecule has 0 radical (unpaired) electrons. The van der Waals surface area contributed by atoms with Gasteiger partial charge in [0.05, 0.1) is 15.8 Å². The number of fused-ring (bicyclic) bond motifs is 1. The predicted octanol–water partition coefficient (Wildman–Crippen LogP) is 4.09. The van der Waals surface area contributed by atoms with Gasteiger partial charge in [-0.3, -0.25) is 19.5 Å². The second kappa shape index (κ2) is 8.26. The molecule has 7 heteroatoms. The van der Waals surface area contributed by atoms with Crippen LogP contribution < -0.4 is 10.5 Å². The van der Waals surface area contributed by atoms with Crippen LogP contribution in [-0.2, 0) is 13.0 Å². The molecule has 0 aliphatic carbocycles. The first-order valence-electron chi connectivity index (χ1n) is 10.5. The molecule has 156 valence electrons. The molecule has 0 bridgehead atoms. The molecule has 1 aliphatic heterocycles. The highest BCUT2D eigenvalue weighted by Gasteiger charge is 2.23. The van der Waals surface area contributed by atoms with Crippen LogP contribution in [0.2, 0.25) is 0 Å². The maximum Gasteiger partial charge on any atom is 0.270 e. The number of hydrogen-bond donors (Lipinski definition) is 0. The van der Waals surface area contributed by atoms with Crippen molar-refractivity contribution in [3.05, 3.63) is 74.3 Å². The summed E-state index contributed by atoms with van der Waals surface area (Å²) in [6, 6.07) is 12.7. The third-order valence-corrected chi connectivity index (χ3v) is 6.06.